The quantitative estimate of drug-likeness (QED) is 0.146. The predicted octanol–water partition coefficient (Wildman–Crippen LogP) is 4.34. The first-order chi connectivity index (χ1) is 18.9. The van der Waals surface area contributed by atoms with Crippen molar-refractivity contribution >= 4 is 28.6 Å². The fourth-order valence-corrected chi connectivity index (χ4v) is 5.19. The molecule has 2 aromatic rings. The van der Waals surface area contributed by atoms with Crippen molar-refractivity contribution in [1.82, 2.24) is 20.2 Å². The van der Waals surface area contributed by atoms with E-state index in [1.54, 1.807) is 12.4 Å². The molecule has 1 aliphatic heterocycles. The molecule has 9 nitrogen and oxygen atoms in total. The third kappa shape index (κ3) is 8.28. The molecule has 2 aliphatic rings. The van der Waals surface area contributed by atoms with Gasteiger partial charge in [-0.15, -0.1) is 0 Å². The van der Waals surface area contributed by atoms with Crippen LogP contribution in [0.1, 0.15) is 57.9 Å². The number of nitrogens with one attached hydrogen (secondary N) is 3. The molecule has 2 fully saturated rings. The summed E-state index contributed by atoms with van der Waals surface area (Å²) >= 11 is 0. The largest absolute Gasteiger partial charge is 0.404 e. The minimum Gasteiger partial charge on any atom is -0.404 e. The SMILES string of the molecule is CC(C)N1CC(OCCN/C=C(\C=N)c2cnc3ccc(N/C(N)=C/C(=C\N)CC4CCCCC4)nc3c2)C1. The van der Waals surface area contributed by atoms with E-state index in [1.165, 1.54) is 38.3 Å². The van der Waals surface area contributed by atoms with Crippen LogP contribution in [-0.4, -0.2) is 59.5 Å². The summed E-state index contributed by atoms with van der Waals surface area (Å²) in [6.07, 6.45) is 16.2. The van der Waals surface area contributed by atoms with Gasteiger partial charge >= 0.3 is 0 Å². The lowest BCUT2D eigenvalue weighted by molar-refractivity contribution is -0.0645. The number of pyridine rings is 2. The average molecular weight is 533 g/mol. The molecule has 0 aromatic carbocycles. The van der Waals surface area contributed by atoms with Gasteiger partial charge in [0.1, 0.15) is 11.6 Å². The van der Waals surface area contributed by atoms with Gasteiger partial charge in [-0.2, -0.15) is 0 Å². The van der Waals surface area contributed by atoms with E-state index in [1.807, 2.05) is 30.5 Å². The van der Waals surface area contributed by atoms with Crippen molar-refractivity contribution in [3.63, 3.8) is 0 Å². The highest BCUT2D eigenvalue weighted by Crippen LogP contribution is 2.29. The van der Waals surface area contributed by atoms with Gasteiger partial charge in [0.05, 0.1) is 23.7 Å². The second kappa shape index (κ2) is 14.1. The Bertz CT molecular complexity index is 1190. The van der Waals surface area contributed by atoms with E-state index in [9.17, 15) is 0 Å². The average Bonchev–Trinajstić information content (AvgIpc) is 2.91. The molecule has 0 amide bonds. The molecule has 0 unspecified atom stereocenters. The Morgan fingerprint density at radius 1 is 1.21 bits per heavy atom. The van der Waals surface area contributed by atoms with Gasteiger partial charge < -0.3 is 32.2 Å². The molecular weight excluding hydrogens is 488 g/mol. The Morgan fingerprint density at radius 2 is 2.00 bits per heavy atom. The predicted molar refractivity (Wildman–Crippen MR) is 160 cm³/mol. The van der Waals surface area contributed by atoms with Gasteiger partial charge in [0, 0.05) is 55.4 Å². The van der Waals surface area contributed by atoms with E-state index in [-0.39, 0.29) is 0 Å². The zero-order valence-electron chi connectivity index (χ0n) is 23.3. The first kappa shape index (κ1) is 28.6. The molecule has 0 bridgehead atoms. The number of aromatic nitrogens is 2. The fourth-order valence-electron chi connectivity index (χ4n) is 5.19. The summed E-state index contributed by atoms with van der Waals surface area (Å²) in [4.78, 5) is 11.6. The second-order valence-electron chi connectivity index (χ2n) is 10.9. The number of hydrogen-bond donors (Lipinski definition) is 5. The lowest BCUT2D eigenvalue weighted by atomic mass is 9.85. The standard InChI is InChI=1S/C30H44N8O/c1-21(2)38-19-26(20-38)39-11-10-34-17-25(16-32)24-14-28-27(35-18-24)8-9-30(36-28)37-29(33)13-23(15-31)12-22-6-4-3-5-7-22/h8-9,13-18,21-22,26,32,34H,3-7,10-12,19-20,31,33H2,1-2H3,(H,36,37)/b23-15-,25-17+,29-13+,32-16?. The molecular formula is C30H44N8O. The Morgan fingerprint density at radius 3 is 2.72 bits per heavy atom. The molecule has 0 spiro atoms. The smallest absolute Gasteiger partial charge is 0.132 e. The zero-order valence-corrected chi connectivity index (χ0v) is 23.3. The Kier molecular flexibility index (Phi) is 10.3. The summed E-state index contributed by atoms with van der Waals surface area (Å²) in [5, 5.41) is 14.3. The van der Waals surface area contributed by atoms with Crippen LogP contribution < -0.4 is 22.1 Å². The van der Waals surface area contributed by atoms with E-state index >= 15 is 0 Å². The molecule has 210 valence electrons. The van der Waals surface area contributed by atoms with Gasteiger partial charge in [0.2, 0.25) is 0 Å². The highest BCUT2D eigenvalue weighted by molar-refractivity contribution is 6.08. The normalized spacial score (nSPS) is 18.4. The first-order valence-electron chi connectivity index (χ1n) is 14.2. The van der Waals surface area contributed by atoms with Crippen LogP contribution in [0.25, 0.3) is 16.6 Å². The maximum absolute atomic E-state index is 7.90. The number of fused-ring (bicyclic) bond motifs is 1. The van der Waals surface area contributed by atoms with Crippen molar-refractivity contribution < 1.29 is 4.74 Å². The fraction of sp³-hybridized carbons (Fsp3) is 0.500. The van der Waals surface area contributed by atoms with Crippen molar-refractivity contribution in [1.29, 1.82) is 5.41 Å². The number of nitrogens with two attached hydrogens (primary N) is 2. The highest BCUT2D eigenvalue weighted by Gasteiger charge is 2.28. The van der Waals surface area contributed by atoms with Crippen LogP contribution in [-0.2, 0) is 4.74 Å². The first-order valence-corrected chi connectivity index (χ1v) is 14.2. The number of rotatable bonds is 13. The molecule has 7 N–H and O–H groups in total. The van der Waals surface area contributed by atoms with Crippen LogP contribution in [0, 0.1) is 11.3 Å². The second-order valence-corrected chi connectivity index (χ2v) is 10.9. The number of ether oxygens (including phenoxy) is 1. The lowest BCUT2D eigenvalue weighted by Gasteiger charge is -2.41. The summed E-state index contributed by atoms with van der Waals surface area (Å²) in [5.74, 6) is 1.81. The number of nitrogens with zero attached hydrogens (tertiary/aromatic N) is 3. The number of likely N-dealkylation sites (tertiary alicyclic amines) is 1. The summed E-state index contributed by atoms with van der Waals surface area (Å²) in [6.45, 7) is 7.71. The van der Waals surface area contributed by atoms with Crippen LogP contribution in [0.3, 0.4) is 0 Å². The maximum atomic E-state index is 7.90. The van der Waals surface area contributed by atoms with Gasteiger partial charge in [0.15, 0.2) is 0 Å². The van der Waals surface area contributed by atoms with Gasteiger partial charge in [-0.25, -0.2) is 4.98 Å². The van der Waals surface area contributed by atoms with Crippen molar-refractivity contribution in [3.8, 4) is 0 Å². The third-order valence-corrected chi connectivity index (χ3v) is 7.57. The molecule has 0 radical (unpaired) electrons. The number of hydrogen-bond acceptors (Lipinski definition) is 9. The monoisotopic (exact) mass is 532 g/mol. The molecule has 1 aliphatic carbocycles. The number of anilines is 1. The minimum atomic E-state index is 0.317. The topological polar surface area (TPSA) is 138 Å². The van der Waals surface area contributed by atoms with Crippen LogP contribution >= 0.6 is 0 Å². The van der Waals surface area contributed by atoms with Crippen LogP contribution in [0.15, 0.2) is 54.3 Å². The molecule has 3 heterocycles. The Labute approximate surface area is 232 Å². The van der Waals surface area contributed by atoms with Crippen molar-refractivity contribution in [2.75, 3.05) is 31.6 Å². The van der Waals surface area contributed by atoms with Crippen LogP contribution in [0.4, 0.5) is 5.82 Å². The third-order valence-electron chi connectivity index (χ3n) is 7.57. The van der Waals surface area contributed by atoms with Crippen LogP contribution in [0.2, 0.25) is 0 Å². The summed E-state index contributed by atoms with van der Waals surface area (Å²) < 4.78 is 5.91. The van der Waals surface area contributed by atoms with Crippen LogP contribution in [0.5, 0.6) is 0 Å². The van der Waals surface area contributed by atoms with Gasteiger partial charge in [0.25, 0.3) is 0 Å². The van der Waals surface area contributed by atoms with Crippen molar-refractivity contribution in [2.24, 2.45) is 17.4 Å². The molecule has 39 heavy (non-hydrogen) atoms. The molecule has 2 aromatic heterocycles. The Hall–Kier alpha value is -3.43. The highest BCUT2D eigenvalue weighted by atomic mass is 16.5. The lowest BCUT2D eigenvalue weighted by Crippen LogP contribution is -2.55. The molecule has 0 atom stereocenters. The molecule has 1 saturated heterocycles. The summed E-state index contributed by atoms with van der Waals surface area (Å²) in [7, 11) is 0. The summed E-state index contributed by atoms with van der Waals surface area (Å²) in [6, 6.07) is 6.28. The van der Waals surface area contributed by atoms with Gasteiger partial charge in [-0.3, -0.25) is 9.88 Å². The Balaban J connectivity index is 1.33. The van der Waals surface area contributed by atoms with E-state index < -0.39 is 0 Å². The maximum Gasteiger partial charge on any atom is 0.132 e. The van der Waals surface area contributed by atoms with Crippen molar-refractivity contribution in [3.05, 3.63) is 59.8 Å². The van der Waals surface area contributed by atoms with E-state index in [0.29, 0.717) is 42.9 Å². The summed E-state index contributed by atoms with van der Waals surface area (Å²) in [5.41, 5.74) is 16.3. The van der Waals surface area contributed by atoms with E-state index in [0.717, 1.165) is 47.3 Å². The zero-order chi connectivity index (χ0) is 27.6. The van der Waals surface area contributed by atoms with E-state index in [2.05, 4.69) is 34.4 Å². The minimum absolute atomic E-state index is 0.317. The van der Waals surface area contributed by atoms with Gasteiger partial charge in [-0.1, -0.05) is 32.1 Å². The van der Waals surface area contributed by atoms with Gasteiger partial charge in [-0.05, 0) is 62.2 Å². The van der Waals surface area contributed by atoms with E-state index in [4.69, 9.17) is 26.6 Å². The molecule has 9 heteroatoms. The molecule has 1 saturated carbocycles. The number of allylic oxidation sites excluding steroid dienone is 3. The van der Waals surface area contributed by atoms with Crippen molar-refractivity contribution in [2.45, 2.75) is 64.5 Å². The molecule has 4 rings (SSSR count).